The summed E-state index contributed by atoms with van der Waals surface area (Å²) in [7, 11) is 3.21. The number of hydrogen-bond acceptors (Lipinski definition) is 9. The van der Waals surface area contributed by atoms with Crippen LogP contribution in [0.5, 0.6) is 11.5 Å². The Morgan fingerprint density at radius 3 is 2.64 bits per heavy atom. The van der Waals surface area contributed by atoms with E-state index in [1.54, 1.807) is 38.0 Å². The predicted molar refractivity (Wildman–Crippen MR) is 106 cm³/mol. The van der Waals surface area contributed by atoms with E-state index in [1.165, 1.54) is 28.6 Å². The van der Waals surface area contributed by atoms with Gasteiger partial charge in [0.1, 0.15) is 27.7 Å². The lowest BCUT2D eigenvalue weighted by Gasteiger charge is -2.05. The van der Waals surface area contributed by atoms with Crippen LogP contribution < -0.4 is 9.47 Å². The second kappa shape index (κ2) is 7.06. The Balaban J connectivity index is 1.49. The molecule has 0 bridgehead atoms. The zero-order valence-electron chi connectivity index (χ0n) is 15.3. The van der Waals surface area contributed by atoms with Crippen LogP contribution in [0, 0.1) is 0 Å². The number of rotatable bonds is 5. The van der Waals surface area contributed by atoms with Crippen molar-refractivity contribution in [2.24, 2.45) is 0 Å². The quantitative estimate of drug-likeness (QED) is 0.446. The molecule has 9 heteroatoms. The highest BCUT2D eigenvalue weighted by Gasteiger charge is 2.23. The second-order valence-electron chi connectivity index (χ2n) is 6.29. The van der Waals surface area contributed by atoms with E-state index in [1.807, 2.05) is 12.1 Å². The third-order valence-electron chi connectivity index (χ3n) is 4.66. The molecule has 0 aliphatic heterocycles. The van der Waals surface area contributed by atoms with Gasteiger partial charge in [0.15, 0.2) is 0 Å². The summed E-state index contributed by atoms with van der Waals surface area (Å²) in [6.45, 7) is 0. The van der Waals surface area contributed by atoms with Gasteiger partial charge in [0.25, 0.3) is 5.22 Å². The fraction of sp³-hybridized carbons (Fsp3) is 0.263. The first kappa shape index (κ1) is 17.4. The van der Waals surface area contributed by atoms with E-state index in [9.17, 15) is 0 Å². The lowest BCUT2D eigenvalue weighted by Crippen LogP contribution is -1.88. The molecule has 0 spiro atoms. The van der Waals surface area contributed by atoms with Gasteiger partial charge in [-0.25, -0.2) is 9.97 Å². The van der Waals surface area contributed by atoms with Crippen LogP contribution in [0.15, 0.2) is 39.2 Å². The van der Waals surface area contributed by atoms with Crippen molar-refractivity contribution in [3.8, 4) is 23.0 Å². The highest BCUT2D eigenvalue weighted by molar-refractivity contribution is 7.99. The molecule has 0 amide bonds. The standard InChI is InChI=1S/C19H16N4O3S2/c1-24-11-6-10(7-12(8-11)25-2)16-22-23-19(26-16)28-18-15-13-4-3-5-14(13)27-17(15)20-9-21-18/h6-9H,3-5H2,1-2H3. The van der Waals surface area contributed by atoms with Crippen LogP contribution in [0.4, 0.5) is 0 Å². The summed E-state index contributed by atoms with van der Waals surface area (Å²) in [5.41, 5.74) is 2.11. The average Bonchev–Trinajstić information content (AvgIpc) is 3.43. The SMILES string of the molecule is COc1cc(OC)cc(-c2nnc(Sc3ncnc4sc5c(c34)CCC5)o2)c1. The lowest BCUT2D eigenvalue weighted by molar-refractivity contribution is 0.394. The first-order valence-electron chi connectivity index (χ1n) is 8.75. The van der Waals surface area contributed by atoms with Crippen molar-refractivity contribution in [1.82, 2.24) is 20.2 Å². The molecule has 1 aromatic carbocycles. The van der Waals surface area contributed by atoms with Gasteiger partial charge in [-0.3, -0.25) is 0 Å². The van der Waals surface area contributed by atoms with E-state index in [0.717, 1.165) is 33.6 Å². The molecule has 3 heterocycles. The highest BCUT2D eigenvalue weighted by atomic mass is 32.2. The van der Waals surface area contributed by atoms with Crippen molar-refractivity contribution in [3.05, 3.63) is 35.0 Å². The summed E-state index contributed by atoms with van der Waals surface area (Å²) in [5, 5.41) is 10.8. The van der Waals surface area contributed by atoms with Crippen LogP contribution in [0.2, 0.25) is 0 Å². The van der Waals surface area contributed by atoms with Crippen molar-refractivity contribution in [3.63, 3.8) is 0 Å². The van der Waals surface area contributed by atoms with Gasteiger partial charge >= 0.3 is 0 Å². The Kier molecular flexibility index (Phi) is 4.40. The van der Waals surface area contributed by atoms with Gasteiger partial charge in [-0.05, 0) is 48.7 Å². The molecule has 0 radical (unpaired) electrons. The number of fused-ring (bicyclic) bond motifs is 3. The third kappa shape index (κ3) is 3.00. The minimum absolute atomic E-state index is 0.403. The summed E-state index contributed by atoms with van der Waals surface area (Å²) < 4.78 is 16.5. The van der Waals surface area contributed by atoms with Crippen LogP contribution in [0.1, 0.15) is 16.9 Å². The third-order valence-corrected chi connectivity index (χ3v) is 6.70. The number of aromatic nitrogens is 4. The minimum atomic E-state index is 0.403. The molecule has 5 rings (SSSR count). The molecule has 1 aliphatic carbocycles. The van der Waals surface area contributed by atoms with Gasteiger partial charge in [0.2, 0.25) is 5.89 Å². The van der Waals surface area contributed by atoms with Gasteiger partial charge in [-0.1, -0.05) is 0 Å². The number of ether oxygens (including phenoxy) is 2. The van der Waals surface area contributed by atoms with E-state index in [0.29, 0.717) is 22.6 Å². The highest BCUT2D eigenvalue weighted by Crippen LogP contribution is 2.42. The molecule has 0 saturated heterocycles. The molecule has 0 N–H and O–H groups in total. The summed E-state index contributed by atoms with van der Waals surface area (Å²) in [4.78, 5) is 11.4. The molecule has 1 aliphatic rings. The molecular formula is C19H16N4O3S2. The van der Waals surface area contributed by atoms with E-state index in [-0.39, 0.29) is 0 Å². The summed E-state index contributed by atoms with van der Waals surface area (Å²) in [6, 6.07) is 5.46. The molecular weight excluding hydrogens is 396 g/mol. The Morgan fingerprint density at radius 1 is 1.04 bits per heavy atom. The molecule has 0 saturated carbocycles. The van der Waals surface area contributed by atoms with Crippen molar-refractivity contribution in [1.29, 1.82) is 0 Å². The number of thiophene rings is 1. The molecule has 4 aromatic rings. The van der Waals surface area contributed by atoms with E-state index in [4.69, 9.17) is 13.9 Å². The average molecular weight is 412 g/mol. The van der Waals surface area contributed by atoms with Gasteiger partial charge in [-0.15, -0.1) is 21.5 Å². The number of methoxy groups -OCH3 is 2. The maximum atomic E-state index is 5.89. The Labute approximate surface area is 169 Å². The number of nitrogens with zero attached hydrogens (tertiary/aromatic N) is 4. The second-order valence-corrected chi connectivity index (χ2v) is 8.32. The molecule has 0 atom stereocenters. The predicted octanol–water partition coefficient (Wildman–Crippen LogP) is 4.40. The number of aryl methyl sites for hydroxylation is 2. The van der Waals surface area contributed by atoms with Crippen molar-refractivity contribution in [2.45, 2.75) is 29.5 Å². The molecule has 0 unspecified atom stereocenters. The van der Waals surface area contributed by atoms with Crippen LogP contribution in [0.3, 0.4) is 0 Å². The number of benzene rings is 1. The summed E-state index contributed by atoms with van der Waals surface area (Å²) in [5.74, 6) is 1.72. The summed E-state index contributed by atoms with van der Waals surface area (Å²) >= 11 is 3.14. The summed E-state index contributed by atoms with van der Waals surface area (Å²) in [6.07, 6.45) is 5.00. The van der Waals surface area contributed by atoms with Gasteiger partial charge in [-0.2, -0.15) is 0 Å². The van der Waals surface area contributed by atoms with Crippen LogP contribution in [-0.4, -0.2) is 34.4 Å². The smallest absolute Gasteiger partial charge is 0.283 e. The molecule has 3 aromatic heterocycles. The van der Waals surface area contributed by atoms with Gasteiger partial charge in [0.05, 0.1) is 14.2 Å². The maximum absolute atomic E-state index is 5.89. The Hall–Kier alpha value is -2.65. The Morgan fingerprint density at radius 2 is 1.86 bits per heavy atom. The Bertz CT molecular complexity index is 1150. The molecule has 0 fully saturated rings. The van der Waals surface area contributed by atoms with Crippen LogP contribution in [0.25, 0.3) is 21.7 Å². The monoisotopic (exact) mass is 412 g/mol. The van der Waals surface area contributed by atoms with Crippen LogP contribution in [-0.2, 0) is 12.8 Å². The fourth-order valence-corrected chi connectivity index (χ4v) is 5.44. The molecule has 142 valence electrons. The van der Waals surface area contributed by atoms with E-state index >= 15 is 0 Å². The minimum Gasteiger partial charge on any atom is -0.497 e. The molecule has 7 nitrogen and oxygen atoms in total. The van der Waals surface area contributed by atoms with Crippen molar-refractivity contribution < 1.29 is 13.9 Å². The lowest BCUT2D eigenvalue weighted by atomic mass is 10.2. The zero-order chi connectivity index (χ0) is 19.1. The number of hydrogen-bond donors (Lipinski definition) is 0. The van der Waals surface area contributed by atoms with Crippen molar-refractivity contribution >= 4 is 33.3 Å². The normalized spacial score (nSPS) is 13.1. The van der Waals surface area contributed by atoms with Gasteiger partial charge < -0.3 is 13.9 Å². The van der Waals surface area contributed by atoms with Gasteiger partial charge in [0, 0.05) is 21.9 Å². The fourth-order valence-electron chi connectivity index (χ4n) is 3.36. The maximum Gasteiger partial charge on any atom is 0.283 e. The first-order valence-corrected chi connectivity index (χ1v) is 10.4. The zero-order valence-corrected chi connectivity index (χ0v) is 16.9. The molecule has 28 heavy (non-hydrogen) atoms. The van der Waals surface area contributed by atoms with Crippen LogP contribution >= 0.6 is 23.1 Å². The van der Waals surface area contributed by atoms with E-state index < -0.39 is 0 Å². The largest absolute Gasteiger partial charge is 0.497 e. The topological polar surface area (TPSA) is 83.2 Å². The van der Waals surface area contributed by atoms with Crippen molar-refractivity contribution in [2.75, 3.05) is 14.2 Å². The first-order chi connectivity index (χ1) is 13.7. The van der Waals surface area contributed by atoms with E-state index in [2.05, 4.69) is 20.2 Å².